The molecule has 0 aromatic heterocycles. The molecule has 0 saturated heterocycles. The maximum Gasteiger partial charge on any atom is 0.257 e. The van der Waals surface area contributed by atoms with E-state index in [9.17, 15) is 4.79 Å². The standard InChI is InChI=1S/C21H22N2O3/c1-3-4-9-26-20-11-17-16(10-19(20)25-2)21(24)23-13-14-7-5-6-8-15(14)18(23)12-22-17/h5-8,10-12,18H,3-4,9,13H2,1-2H3. The monoisotopic (exact) mass is 350 g/mol. The first kappa shape index (κ1) is 16.6. The molecular formula is C21H22N2O3. The highest BCUT2D eigenvalue weighted by atomic mass is 16.5. The van der Waals surface area contributed by atoms with Crippen LogP contribution in [0.25, 0.3) is 0 Å². The van der Waals surface area contributed by atoms with Gasteiger partial charge in [0.15, 0.2) is 11.5 Å². The molecule has 2 aromatic rings. The third-order valence-corrected chi connectivity index (χ3v) is 4.93. The minimum atomic E-state index is -0.124. The van der Waals surface area contributed by atoms with Gasteiger partial charge >= 0.3 is 0 Å². The van der Waals surface area contributed by atoms with Crippen molar-refractivity contribution in [2.24, 2.45) is 4.99 Å². The molecule has 2 aliphatic rings. The summed E-state index contributed by atoms with van der Waals surface area (Å²) in [4.78, 5) is 19.7. The molecular weight excluding hydrogens is 328 g/mol. The van der Waals surface area contributed by atoms with Gasteiger partial charge in [0.25, 0.3) is 5.91 Å². The Hall–Kier alpha value is -2.82. The normalized spacial score (nSPS) is 17.4. The number of methoxy groups -OCH3 is 1. The van der Waals surface area contributed by atoms with Crippen LogP contribution < -0.4 is 9.47 Å². The number of unbranched alkanes of at least 4 members (excludes halogenated alkanes) is 1. The van der Waals surface area contributed by atoms with E-state index in [1.165, 1.54) is 5.56 Å². The molecule has 1 amide bonds. The summed E-state index contributed by atoms with van der Waals surface area (Å²) in [6, 6.07) is 11.6. The van der Waals surface area contributed by atoms with Crippen molar-refractivity contribution in [1.29, 1.82) is 0 Å². The van der Waals surface area contributed by atoms with Crippen molar-refractivity contribution in [3.8, 4) is 11.5 Å². The second-order valence-electron chi connectivity index (χ2n) is 6.58. The van der Waals surface area contributed by atoms with E-state index in [2.05, 4.69) is 24.0 Å². The smallest absolute Gasteiger partial charge is 0.257 e. The van der Waals surface area contributed by atoms with Gasteiger partial charge in [0.1, 0.15) is 0 Å². The van der Waals surface area contributed by atoms with Gasteiger partial charge in [0, 0.05) is 18.8 Å². The highest BCUT2D eigenvalue weighted by molar-refractivity contribution is 6.04. The lowest BCUT2D eigenvalue weighted by Crippen LogP contribution is -2.29. The molecule has 0 aliphatic carbocycles. The van der Waals surface area contributed by atoms with E-state index < -0.39 is 0 Å². The molecule has 0 saturated carbocycles. The minimum absolute atomic E-state index is 0.0305. The first-order valence-corrected chi connectivity index (χ1v) is 9.00. The molecule has 5 heteroatoms. The van der Waals surface area contributed by atoms with Gasteiger partial charge < -0.3 is 14.4 Å². The molecule has 4 rings (SSSR count). The number of amides is 1. The van der Waals surface area contributed by atoms with Crippen LogP contribution in [0.15, 0.2) is 41.4 Å². The van der Waals surface area contributed by atoms with Crippen LogP contribution >= 0.6 is 0 Å². The molecule has 0 N–H and O–H groups in total. The van der Waals surface area contributed by atoms with Crippen molar-refractivity contribution in [2.45, 2.75) is 32.4 Å². The van der Waals surface area contributed by atoms with Gasteiger partial charge in [0.05, 0.1) is 31.0 Å². The zero-order chi connectivity index (χ0) is 18.1. The van der Waals surface area contributed by atoms with Crippen LogP contribution in [-0.4, -0.2) is 30.7 Å². The highest BCUT2D eigenvalue weighted by Gasteiger charge is 2.36. The average molecular weight is 350 g/mol. The minimum Gasteiger partial charge on any atom is -0.493 e. The van der Waals surface area contributed by atoms with Gasteiger partial charge in [-0.2, -0.15) is 0 Å². The molecule has 0 spiro atoms. The van der Waals surface area contributed by atoms with Crippen LogP contribution in [0.5, 0.6) is 11.5 Å². The topological polar surface area (TPSA) is 51.1 Å². The summed E-state index contributed by atoms with van der Waals surface area (Å²) >= 11 is 0. The van der Waals surface area contributed by atoms with Crippen molar-refractivity contribution >= 4 is 17.8 Å². The first-order chi connectivity index (χ1) is 12.7. The Kier molecular flexibility index (Phi) is 4.37. The summed E-state index contributed by atoms with van der Waals surface area (Å²) in [5.74, 6) is 1.17. The van der Waals surface area contributed by atoms with Crippen LogP contribution in [0.4, 0.5) is 5.69 Å². The molecule has 0 radical (unpaired) electrons. The third kappa shape index (κ3) is 2.73. The predicted octanol–water partition coefficient (Wildman–Crippen LogP) is 4.29. The molecule has 2 aliphatic heterocycles. The summed E-state index contributed by atoms with van der Waals surface area (Å²) in [5.41, 5.74) is 3.50. The van der Waals surface area contributed by atoms with E-state index in [1.54, 1.807) is 13.2 Å². The molecule has 134 valence electrons. The number of hydrogen-bond donors (Lipinski definition) is 0. The molecule has 0 bridgehead atoms. The van der Waals surface area contributed by atoms with E-state index >= 15 is 0 Å². The molecule has 1 unspecified atom stereocenters. The number of hydrogen-bond acceptors (Lipinski definition) is 4. The molecule has 0 fully saturated rings. The Morgan fingerprint density at radius 1 is 1.23 bits per heavy atom. The van der Waals surface area contributed by atoms with Crippen molar-refractivity contribution in [3.63, 3.8) is 0 Å². The fourth-order valence-electron chi connectivity index (χ4n) is 3.51. The van der Waals surface area contributed by atoms with Crippen LogP contribution in [0.2, 0.25) is 0 Å². The molecule has 5 nitrogen and oxygen atoms in total. The van der Waals surface area contributed by atoms with Gasteiger partial charge in [-0.3, -0.25) is 9.79 Å². The lowest BCUT2D eigenvalue weighted by molar-refractivity contribution is 0.0739. The van der Waals surface area contributed by atoms with Crippen molar-refractivity contribution < 1.29 is 14.3 Å². The number of carbonyl (C=O) groups is 1. The second-order valence-corrected chi connectivity index (χ2v) is 6.58. The fourth-order valence-corrected chi connectivity index (χ4v) is 3.51. The Morgan fingerprint density at radius 3 is 2.88 bits per heavy atom. The molecule has 1 atom stereocenters. The lowest BCUT2D eigenvalue weighted by atomic mass is 10.1. The predicted molar refractivity (Wildman–Crippen MR) is 101 cm³/mol. The first-order valence-electron chi connectivity index (χ1n) is 9.00. The van der Waals surface area contributed by atoms with Gasteiger partial charge in [-0.25, -0.2) is 0 Å². The number of benzene rings is 2. The van der Waals surface area contributed by atoms with Crippen LogP contribution in [0.1, 0.15) is 47.3 Å². The van der Waals surface area contributed by atoms with E-state index in [-0.39, 0.29) is 11.9 Å². The Balaban J connectivity index is 1.72. The van der Waals surface area contributed by atoms with Crippen LogP contribution in [0.3, 0.4) is 0 Å². The van der Waals surface area contributed by atoms with Crippen molar-refractivity contribution in [2.75, 3.05) is 13.7 Å². The average Bonchev–Trinajstić information content (AvgIpc) is 2.98. The number of aliphatic imine (C=N–C) groups is 1. The van der Waals surface area contributed by atoms with E-state index in [0.29, 0.717) is 35.9 Å². The quantitative estimate of drug-likeness (QED) is 0.756. The van der Waals surface area contributed by atoms with Crippen molar-refractivity contribution in [1.82, 2.24) is 4.90 Å². The maximum absolute atomic E-state index is 13.2. The molecule has 26 heavy (non-hydrogen) atoms. The number of carbonyl (C=O) groups excluding carboxylic acids is 1. The Morgan fingerprint density at radius 2 is 2.08 bits per heavy atom. The number of rotatable bonds is 5. The van der Waals surface area contributed by atoms with Gasteiger partial charge in [-0.1, -0.05) is 37.6 Å². The Bertz CT molecular complexity index is 876. The zero-order valence-electron chi connectivity index (χ0n) is 15.1. The lowest BCUT2D eigenvalue weighted by Gasteiger charge is -2.21. The largest absolute Gasteiger partial charge is 0.493 e. The second kappa shape index (κ2) is 6.83. The van der Waals surface area contributed by atoms with Crippen LogP contribution in [-0.2, 0) is 6.54 Å². The molecule has 2 aromatic carbocycles. The van der Waals surface area contributed by atoms with Crippen LogP contribution in [0, 0.1) is 0 Å². The highest BCUT2D eigenvalue weighted by Crippen LogP contribution is 2.41. The summed E-state index contributed by atoms with van der Waals surface area (Å²) < 4.78 is 11.3. The fraction of sp³-hybridized carbons (Fsp3) is 0.333. The van der Waals surface area contributed by atoms with E-state index in [1.807, 2.05) is 29.3 Å². The van der Waals surface area contributed by atoms with E-state index in [4.69, 9.17) is 9.47 Å². The summed E-state index contributed by atoms with van der Waals surface area (Å²) in [6.07, 6.45) is 3.88. The summed E-state index contributed by atoms with van der Waals surface area (Å²) in [7, 11) is 1.59. The Labute approximate surface area is 153 Å². The maximum atomic E-state index is 13.2. The number of fused-ring (bicyclic) bond motifs is 4. The SMILES string of the molecule is CCCCOc1cc2c(cc1OC)C(=O)N1Cc3ccccc3C1C=N2. The molecule has 2 heterocycles. The zero-order valence-corrected chi connectivity index (χ0v) is 15.1. The summed E-state index contributed by atoms with van der Waals surface area (Å²) in [6.45, 7) is 3.33. The third-order valence-electron chi connectivity index (χ3n) is 4.93. The van der Waals surface area contributed by atoms with Gasteiger partial charge in [-0.15, -0.1) is 0 Å². The van der Waals surface area contributed by atoms with Gasteiger partial charge in [-0.05, 0) is 23.6 Å². The number of ether oxygens (including phenoxy) is 2. The summed E-state index contributed by atoms with van der Waals surface area (Å²) in [5, 5.41) is 0. The van der Waals surface area contributed by atoms with Gasteiger partial charge in [0.2, 0.25) is 0 Å². The van der Waals surface area contributed by atoms with E-state index in [0.717, 1.165) is 18.4 Å². The number of nitrogens with zero attached hydrogens (tertiary/aromatic N) is 2. The van der Waals surface area contributed by atoms with Crippen molar-refractivity contribution in [3.05, 3.63) is 53.1 Å².